The monoisotopic (exact) mass is 261 g/mol. The van der Waals surface area contributed by atoms with Crippen LogP contribution in [0.4, 0.5) is 0 Å². The first-order valence-electron chi connectivity index (χ1n) is 7.29. The van der Waals surface area contributed by atoms with Gasteiger partial charge in [-0.05, 0) is 36.8 Å². The fourth-order valence-electron chi connectivity index (χ4n) is 2.80. The van der Waals surface area contributed by atoms with Crippen LogP contribution in [0.15, 0.2) is 12.1 Å². The normalized spacial score (nSPS) is 20.2. The Bertz CT molecular complexity index is 478. The molecule has 0 bridgehead atoms. The van der Waals surface area contributed by atoms with Crippen LogP contribution in [0.5, 0.6) is 11.5 Å². The van der Waals surface area contributed by atoms with Gasteiger partial charge in [0.15, 0.2) is 11.5 Å². The maximum atomic E-state index is 6.28. The molecule has 1 fully saturated rings. The minimum atomic E-state index is 0.0312. The van der Waals surface area contributed by atoms with Crippen molar-refractivity contribution in [1.82, 2.24) is 0 Å². The third-order valence-electron chi connectivity index (χ3n) is 4.05. The summed E-state index contributed by atoms with van der Waals surface area (Å²) in [7, 11) is 0. The quantitative estimate of drug-likeness (QED) is 0.909. The number of fused-ring (bicyclic) bond motifs is 1. The molecule has 3 heteroatoms. The van der Waals surface area contributed by atoms with E-state index in [-0.39, 0.29) is 5.54 Å². The molecule has 1 aromatic carbocycles. The summed E-state index contributed by atoms with van der Waals surface area (Å²) in [5.74, 6) is 2.27. The predicted molar refractivity (Wildman–Crippen MR) is 76.0 cm³/mol. The molecule has 1 heterocycles. The molecular weight excluding hydrogens is 238 g/mol. The smallest absolute Gasteiger partial charge is 0.164 e. The standard InChI is InChI=1S/C16H23NO2/c1-11(2)14-12(10-16(17)6-7-16)4-5-13-15(14)19-9-3-8-18-13/h4-5,11H,3,6-10,17H2,1-2H3. The Morgan fingerprint density at radius 2 is 1.95 bits per heavy atom. The van der Waals surface area contributed by atoms with Gasteiger partial charge in [-0.2, -0.15) is 0 Å². The number of hydrogen-bond acceptors (Lipinski definition) is 3. The van der Waals surface area contributed by atoms with E-state index in [1.165, 1.54) is 11.1 Å². The van der Waals surface area contributed by atoms with Crippen molar-refractivity contribution in [2.24, 2.45) is 5.73 Å². The Morgan fingerprint density at radius 1 is 1.21 bits per heavy atom. The minimum Gasteiger partial charge on any atom is -0.490 e. The molecule has 3 rings (SSSR count). The second-order valence-corrected chi connectivity index (χ2v) is 6.21. The van der Waals surface area contributed by atoms with E-state index >= 15 is 0 Å². The fraction of sp³-hybridized carbons (Fsp3) is 0.625. The highest BCUT2D eigenvalue weighted by molar-refractivity contribution is 5.53. The summed E-state index contributed by atoms with van der Waals surface area (Å²) in [5, 5.41) is 0. The van der Waals surface area contributed by atoms with Gasteiger partial charge < -0.3 is 15.2 Å². The summed E-state index contributed by atoms with van der Waals surface area (Å²) in [6.07, 6.45) is 4.18. The lowest BCUT2D eigenvalue weighted by Crippen LogP contribution is -2.25. The van der Waals surface area contributed by atoms with E-state index in [1.54, 1.807) is 0 Å². The van der Waals surface area contributed by atoms with E-state index in [2.05, 4.69) is 19.9 Å². The van der Waals surface area contributed by atoms with Crippen LogP contribution in [0, 0.1) is 0 Å². The van der Waals surface area contributed by atoms with E-state index in [0.717, 1.165) is 50.4 Å². The second-order valence-electron chi connectivity index (χ2n) is 6.21. The first kappa shape index (κ1) is 12.8. The van der Waals surface area contributed by atoms with Crippen molar-refractivity contribution in [3.05, 3.63) is 23.3 Å². The Balaban J connectivity index is 2.01. The third-order valence-corrected chi connectivity index (χ3v) is 4.05. The van der Waals surface area contributed by atoms with Crippen LogP contribution >= 0.6 is 0 Å². The average Bonchev–Trinajstić information content (AvgIpc) is 3.11. The van der Waals surface area contributed by atoms with Gasteiger partial charge in [-0.25, -0.2) is 0 Å². The van der Waals surface area contributed by atoms with Gasteiger partial charge >= 0.3 is 0 Å². The van der Waals surface area contributed by atoms with Crippen LogP contribution in [-0.2, 0) is 6.42 Å². The highest BCUT2D eigenvalue weighted by atomic mass is 16.5. The van der Waals surface area contributed by atoms with Crippen molar-refractivity contribution in [1.29, 1.82) is 0 Å². The summed E-state index contributed by atoms with van der Waals surface area (Å²) >= 11 is 0. The molecule has 2 aliphatic rings. The lowest BCUT2D eigenvalue weighted by molar-refractivity contribution is 0.295. The molecule has 0 atom stereocenters. The van der Waals surface area contributed by atoms with Gasteiger partial charge in [-0.1, -0.05) is 19.9 Å². The van der Waals surface area contributed by atoms with Crippen molar-refractivity contribution in [2.45, 2.75) is 51.0 Å². The summed E-state index contributed by atoms with van der Waals surface area (Å²) in [6, 6.07) is 4.23. The first-order chi connectivity index (χ1) is 9.09. The maximum absolute atomic E-state index is 6.28. The van der Waals surface area contributed by atoms with Crippen LogP contribution in [0.2, 0.25) is 0 Å². The molecule has 1 aliphatic carbocycles. The fourth-order valence-corrected chi connectivity index (χ4v) is 2.80. The zero-order chi connectivity index (χ0) is 13.5. The molecule has 0 spiro atoms. The topological polar surface area (TPSA) is 44.5 Å². The molecule has 0 saturated heterocycles. The lowest BCUT2D eigenvalue weighted by Gasteiger charge is -2.21. The first-order valence-corrected chi connectivity index (χ1v) is 7.29. The van der Waals surface area contributed by atoms with Gasteiger partial charge in [0.2, 0.25) is 0 Å². The second kappa shape index (κ2) is 4.71. The minimum absolute atomic E-state index is 0.0312. The summed E-state index contributed by atoms with van der Waals surface area (Å²) in [4.78, 5) is 0. The van der Waals surface area contributed by atoms with Gasteiger partial charge in [0, 0.05) is 17.5 Å². The van der Waals surface area contributed by atoms with Crippen molar-refractivity contribution >= 4 is 0 Å². The zero-order valence-electron chi connectivity index (χ0n) is 11.9. The summed E-state index contributed by atoms with van der Waals surface area (Å²) in [6.45, 7) is 5.90. The molecule has 0 radical (unpaired) electrons. The Morgan fingerprint density at radius 3 is 2.63 bits per heavy atom. The molecule has 1 aliphatic heterocycles. The van der Waals surface area contributed by atoms with Crippen molar-refractivity contribution in [3.63, 3.8) is 0 Å². The number of nitrogens with two attached hydrogens (primary N) is 1. The summed E-state index contributed by atoms with van der Waals surface area (Å²) < 4.78 is 11.7. The highest BCUT2D eigenvalue weighted by Crippen LogP contribution is 2.43. The van der Waals surface area contributed by atoms with Crippen molar-refractivity contribution in [3.8, 4) is 11.5 Å². The third kappa shape index (κ3) is 2.57. The number of benzene rings is 1. The van der Waals surface area contributed by atoms with Gasteiger partial charge in [0.25, 0.3) is 0 Å². The molecule has 0 unspecified atom stereocenters. The Labute approximate surface area is 115 Å². The van der Waals surface area contributed by atoms with Gasteiger partial charge in [0.05, 0.1) is 13.2 Å². The molecule has 0 aromatic heterocycles. The van der Waals surface area contributed by atoms with E-state index in [4.69, 9.17) is 15.2 Å². The molecule has 3 nitrogen and oxygen atoms in total. The number of hydrogen-bond donors (Lipinski definition) is 1. The van der Waals surface area contributed by atoms with Gasteiger partial charge in [0.1, 0.15) is 0 Å². The molecule has 1 saturated carbocycles. The number of rotatable bonds is 3. The number of ether oxygens (including phenoxy) is 2. The molecule has 0 amide bonds. The maximum Gasteiger partial charge on any atom is 0.164 e. The van der Waals surface area contributed by atoms with Crippen LogP contribution in [0.25, 0.3) is 0 Å². The zero-order valence-corrected chi connectivity index (χ0v) is 11.9. The molecule has 104 valence electrons. The van der Waals surface area contributed by atoms with Crippen molar-refractivity contribution in [2.75, 3.05) is 13.2 Å². The van der Waals surface area contributed by atoms with Crippen LogP contribution in [-0.4, -0.2) is 18.8 Å². The largest absolute Gasteiger partial charge is 0.490 e. The highest BCUT2D eigenvalue weighted by Gasteiger charge is 2.39. The predicted octanol–water partition coefficient (Wildman–Crippen LogP) is 3.01. The van der Waals surface area contributed by atoms with E-state index in [9.17, 15) is 0 Å². The van der Waals surface area contributed by atoms with E-state index in [0.29, 0.717) is 5.92 Å². The Hall–Kier alpha value is -1.22. The SMILES string of the molecule is CC(C)c1c(CC2(N)CC2)ccc2c1OCCCO2. The van der Waals surface area contributed by atoms with Crippen LogP contribution < -0.4 is 15.2 Å². The van der Waals surface area contributed by atoms with Gasteiger partial charge in [-0.15, -0.1) is 0 Å². The lowest BCUT2D eigenvalue weighted by atomic mass is 9.91. The summed E-state index contributed by atoms with van der Waals surface area (Å²) in [5.41, 5.74) is 8.93. The molecule has 19 heavy (non-hydrogen) atoms. The van der Waals surface area contributed by atoms with Crippen LogP contribution in [0.3, 0.4) is 0 Å². The van der Waals surface area contributed by atoms with E-state index < -0.39 is 0 Å². The molecule has 1 aromatic rings. The van der Waals surface area contributed by atoms with Crippen LogP contribution in [0.1, 0.15) is 50.2 Å². The molecular formula is C16H23NO2. The van der Waals surface area contributed by atoms with E-state index in [1.807, 2.05) is 6.07 Å². The average molecular weight is 261 g/mol. The van der Waals surface area contributed by atoms with Gasteiger partial charge in [-0.3, -0.25) is 0 Å². The Kier molecular flexibility index (Phi) is 3.17. The molecule has 2 N–H and O–H groups in total. The van der Waals surface area contributed by atoms with Crippen molar-refractivity contribution < 1.29 is 9.47 Å².